The first kappa shape index (κ1) is 26.3. The first-order chi connectivity index (χ1) is 17.1. The van der Waals surface area contributed by atoms with Crippen LogP contribution < -0.4 is 0 Å². The molecule has 35 heavy (non-hydrogen) atoms. The Morgan fingerprint density at radius 2 is 1.77 bits per heavy atom. The number of fused-ring (bicyclic) bond motifs is 4. The number of benzene rings is 1. The van der Waals surface area contributed by atoms with Gasteiger partial charge < -0.3 is 4.57 Å². The van der Waals surface area contributed by atoms with Gasteiger partial charge in [0.25, 0.3) is 0 Å². The number of nitrogens with zero attached hydrogens (tertiary/aromatic N) is 7. The van der Waals surface area contributed by atoms with E-state index in [-0.39, 0.29) is 0 Å². The molecule has 0 bridgehead atoms. The number of nitriles is 1. The van der Waals surface area contributed by atoms with Crippen molar-refractivity contribution in [3.8, 4) is 6.07 Å². The molecule has 5 rings (SSSR count). The second-order valence-electron chi connectivity index (χ2n) is 8.12. The van der Waals surface area contributed by atoms with Gasteiger partial charge in [0, 0.05) is 18.9 Å². The summed E-state index contributed by atoms with van der Waals surface area (Å²) in [5.74, 6) is 0.906. The van der Waals surface area contributed by atoms with Gasteiger partial charge in [0.1, 0.15) is 16.3 Å². The van der Waals surface area contributed by atoms with Crippen LogP contribution in [0.15, 0.2) is 30.6 Å². The van der Waals surface area contributed by atoms with Crippen molar-refractivity contribution in [1.29, 1.82) is 5.26 Å². The maximum absolute atomic E-state index is 9.22. The van der Waals surface area contributed by atoms with Crippen molar-refractivity contribution >= 4 is 38.2 Å². The molecular weight excluding hydrogens is 454 g/mol. The summed E-state index contributed by atoms with van der Waals surface area (Å²) in [6, 6.07) is 7.73. The minimum absolute atomic E-state index is 0.613. The SMILES string of the molecule is CC.CCCCCC.CCc1nn2cc(Cc3nc4cnc5ccc(C#N)cc5c4n3C)nc2s1. The molecule has 5 aromatic rings. The van der Waals surface area contributed by atoms with Gasteiger partial charge in [-0.2, -0.15) is 10.4 Å². The molecule has 0 aliphatic rings. The van der Waals surface area contributed by atoms with Crippen LogP contribution in [-0.2, 0) is 19.9 Å². The maximum Gasteiger partial charge on any atom is 0.212 e. The molecule has 7 nitrogen and oxygen atoms in total. The van der Waals surface area contributed by atoms with Crippen LogP contribution in [0.4, 0.5) is 0 Å². The van der Waals surface area contributed by atoms with E-state index in [0.717, 1.165) is 49.8 Å². The third-order valence-corrected chi connectivity index (χ3v) is 6.72. The Morgan fingerprint density at radius 1 is 1.03 bits per heavy atom. The first-order valence-electron chi connectivity index (χ1n) is 12.6. The van der Waals surface area contributed by atoms with Crippen molar-refractivity contribution in [3.05, 3.63) is 52.7 Å². The molecule has 8 heteroatoms. The van der Waals surface area contributed by atoms with Crippen molar-refractivity contribution in [3.63, 3.8) is 0 Å². The van der Waals surface area contributed by atoms with E-state index < -0.39 is 0 Å². The Balaban J connectivity index is 0.000000377. The number of rotatable bonds is 6. The molecular formula is C27H35N7S. The van der Waals surface area contributed by atoms with Crippen LogP contribution in [-0.4, -0.2) is 29.1 Å². The third kappa shape index (κ3) is 5.85. The van der Waals surface area contributed by atoms with Crippen molar-refractivity contribution in [2.75, 3.05) is 0 Å². The highest BCUT2D eigenvalue weighted by atomic mass is 32.1. The number of aromatic nitrogens is 6. The molecule has 0 unspecified atom stereocenters. The summed E-state index contributed by atoms with van der Waals surface area (Å²) in [5, 5.41) is 15.8. The molecule has 0 spiro atoms. The lowest BCUT2D eigenvalue weighted by Crippen LogP contribution is -2.00. The van der Waals surface area contributed by atoms with Gasteiger partial charge in [-0.25, -0.2) is 14.5 Å². The zero-order valence-electron chi connectivity index (χ0n) is 21.7. The standard InChI is InChI=1S/C19H15N7S.C6H14.C2H6/c1-3-17-24-26-10-12(22-19(26)27-17)7-16-23-15-9-21-14-5-4-11(8-20)6-13(14)18(15)25(16)2;1-3-5-6-4-2;1-2/h4-6,9-10H,3,7H2,1-2H3;3-6H2,1-2H3;1-2H3. The smallest absolute Gasteiger partial charge is 0.212 e. The largest absolute Gasteiger partial charge is 0.330 e. The van der Waals surface area contributed by atoms with Crippen molar-refractivity contribution < 1.29 is 0 Å². The number of hydrogen-bond donors (Lipinski definition) is 0. The molecule has 184 valence electrons. The summed E-state index contributed by atoms with van der Waals surface area (Å²) in [6.07, 6.45) is 10.8. The highest BCUT2D eigenvalue weighted by molar-refractivity contribution is 7.16. The third-order valence-electron chi connectivity index (χ3n) is 5.66. The van der Waals surface area contributed by atoms with E-state index in [4.69, 9.17) is 4.98 Å². The van der Waals surface area contributed by atoms with Gasteiger partial charge in [0.05, 0.1) is 40.8 Å². The summed E-state index contributed by atoms with van der Waals surface area (Å²) in [7, 11) is 2.00. The van der Waals surface area contributed by atoms with Gasteiger partial charge in [-0.1, -0.05) is 71.6 Å². The molecule has 0 saturated heterocycles. The Morgan fingerprint density at radius 3 is 2.40 bits per heavy atom. The summed E-state index contributed by atoms with van der Waals surface area (Å²) < 4.78 is 3.91. The highest BCUT2D eigenvalue weighted by Gasteiger charge is 2.15. The second-order valence-corrected chi connectivity index (χ2v) is 9.16. The monoisotopic (exact) mass is 489 g/mol. The van der Waals surface area contributed by atoms with Crippen LogP contribution >= 0.6 is 11.3 Å². The predicted octanol–water partition coefficient (Wildman–Crippen LogP) is 6.86. The van der Waals surface area contributed by atoms with Crippen LogP contribution in [0.2, 0.25) is 0 Å². The van der Waals surface area contributed by atoms with Gasteiger partial charge in [-0.3, -0.25) is 4.98 Å². The van der Waals surface area contributed by atoms with E-state index in [0.29, 0.717) is 12.0 Å². The highest BCUT2D eigenvalue weighted by Crippen LogP contribution is 2.26. The number of aryl methyl sites for hydroxylation is 2. The molecule has 0 amide bonds. The Hall–Kier alpha value is -3.31. The number of unbranched alkanes of at least 4 members (excludes halogenated alkanes) is 3. The molecule has 1 aromatic carbocycles. The van der Waals surface area contributed by atoms with Gasteiger partial charge in [-0.05, 0) is 24.6 Å². The molecule has 0 atom stereocenters. The molecule has 0 fully saturated rings. The second kappa shape index (κ2) is 12.4. The van der Waals surface area contributed by atoms with Crippen LogP contribution in [0.5, 0.6) is 0 Å². The van der Waals surface area contributed by atoms with Crippen LogP contribution in [0.1, 0.15) is 82.4 Å². The van der Waals surface area contributed by atoms with Gasteiger partial charge in [-0.15, -0.1) is 0 Å². The van der Waals surface area contributed by atoms with E-state index in [9.17, 15) is 5.26 Å². The van der Waals surface area contributed by atoms with Crippen molar-refractivity contribution in [1.82, 2.24) is 29.1 Å². The van der Waals surface area contributed by atoms with Crippen LogP contribution in [0.3, 0.4) is 0 Å². The lowest BCUT2D eigenvalue weighted by atomic mass is 10.1. The average molecular weight is 490 g/mol. The Bertz CT molecular complexity index is 1400. The van der Waals surface area contributed by atoms with E-state index in [1.54, 1.807) is 23.6 Å². The summed E-state index contributed by atoms with van der Waals surface area (Å²) >= 11 is 1.62. The quantitative estimate of drug-likeness (QED) is 0.243. The predicted molar refractivity (Wildman–Crippen MR) is 145 cm³/mol. The Labute approximate surface area is 211 Å². The van der Waals surface area contributed by atoms with Crippen molar-refractivity contribution in [2.24, 2.45) is 7.05 Å². The molecule has 4 aromatic heterocycles. The normalized spacial score (nSPS) is 10.7. The fourth-order valence-corrected chi connectivity index (χ4v) is 4.68. The van der Waals surface area contributed by atoms with Gasteiger partial charge in [0.15, 0.2) is 0 Å². The summed E-state index contributed by atoms with van der Waals surface area (Å²) in [4.78, 5) is 14.8. The van der Waals surface area contributed by atoms with Crippen molar-refractivity contribution in [2.45, 2.75) is 73.1 Å². The lowest BCUT2D eigenvalue weighted by Gasteiger charge is -2.03. The first-order valence-corrected chi connectivity index (χ1v) is 13.4. The topological polar surface area (TPSA) is 84.7 Å². The Kier molecular flexibility index (Phi) is 9.32. The van der Waals surface area contributed by atoms with E-state index >= 15 is 0 Å². The summed E-state index contributed by atoms with van der Waals surface area (Å²) in [6.45, 7) is 10.6. The molecule has 0 saturated carbocycles. The number of imidazole rings is 2. The lowest BCUT2D eigenvalue weighted by molar-refractivity contribution is 0.702. The van der Waals surface area contributed by atoms with Gasteiger partial charge >= 0.3 is 0 Å². The summed E-state index contributed by atoms with van der Waals surface area (Å²) in [5.41, 5.74) is 4.22. The zero-order valence-corrected chi connectivity index (χ0v) is 22.5. The zero-order chi connectivity index (χ0) is 25.4. The maximum atomic E-state index is 9.22. The van der Waals surface area contributed by atoms with Crippen LogP contribution in [0, 0.1) is 11.3 Å². The average Bonchev–Trinajstić information content (AvgIpc) is 3.55. The molecule has 4 heterocycles. The fraction of sp³-hybridized carbons (Fsp3) is 0.444. The molecule has 0 aliphatic heterocycles. The number of pyridine rings is 1. The van der Waals surface area contributed by atoms with E-state index in [1.807, 2.05) is 43.7 Å². The van der Waals surface area contributed by atoms with Gasteiger partial charge in [0.2, 0.25) is 4.96 Å². The van der Waals surface area contributed by atoms with Crippen LogP contribution in [0.25, 0.3) is 26.9 Å². The van der Waals surface area contributed by atoms with E-state index in [2.05, 4.69) is 46.5 Å². The molecule has 0 aliphatic carbocycles. The molecule has 0 radical (unpaired) electrons. The minimum Gasteiger partial charge on any atom is -0.330 e. The number of hydrogen-bond acceptors (Lipinski definition) is 6. The molecule has 0 N–H and O–H groups in total. The van der Waals surface area contributed by atoms with E-state index in [1.165, 1.54) is 25.7 Å². The fourth-order valence-electron chi connectivity index (χ4n) is 3.85. The minimum atomic E-state index is 0.613.